The Bertz CT molecular complexity index is 1620. The zero-order valence-corrected chi connectivity index (χ0v) is 16.8. The summed E-state index contributed by atoms with van der Waals surface area (Å²) in [5.74, 6) is -0.355. The Labute approximate surface area is 174 Å². The third-order valence-electron chi connectivity index (χ3n) is 5.42. The predicted octanol–water partition coefficient (Wildman–Crippen LogP) is 4.44. The minimum absolute atomic E-state index is 0.131. The second-order valence-electron chi connectivity index (χ2n) is 7.49. The summed E-state index contributed by atoms with van der Waals surface area (Å²) in [6.07, 6.45) is 1.52. The summed E-state index contributed by atoms with van der Waals surface area (Å²) in [5.41, 5.74) is 3.01. The zero-order valence-electron chi connectivity index (χ0n) is 16.8. The number of rotatable bonds is 3. The van der Waals surface area contributed by atoms with Gasteiger partial charge in [-0.15, -0.1) is 0 Å². The molecule has 0 saturated heterocycles. The first-order chi connectivity index (χ1) is 14.9. The van der Waals surface area contributed by atoms with E-state index in [2.05, 4.69) is 5.32 Å². The number of hydrogen-bond acceptors (Lipinski definition) is 6. The Morgan fingerprint density at radius 2 is 1.74 bits per heavy atom. The number of fused-ring (bicyclic) bond motifs is 3. The van der Waals surface area contributed by atoms with Gasteiger partial charge in [0, 0.05) is 34.0 Å². The highest BCUT2D eigenvalue weighted by Gasteiger charge is 2.17. The molecule has 7 heteroatoms. The van der Waals surface area contributed by atoms with Crippen molar-refractivity contribution in [3.63, 3.8) is 0 Å². The molecule has 0 bridgehead atoms. The van der Waals surface area contributed by atoms with E-state index in [1.165, 1.54) is 6.07 Å². The molecule has 5 rings (SSSR count). The van der Waals surface area contributed by atoms with E-state index in [-0.39, 0.29) is 12.3 Å². The normalized spacial score (nSPS) is 11.4. The monoisotopic (exact) mass is 415 g/mol. The summed E-state index contributed by atoms with van der Waals surface area (Å²) < 4.78 is 16.1. The summed E-state index contributed by atoms with van der Waals surface area (Å²) in [5, 5.41) is 5.16. The van der Waals surface area contributed by atoms with Crippen LogP contribution in [0.4, 0.5) is 5.69 Å². The van der Waals surface area contributed by atoms with Crippen molar-refractivity contribution < 1.29 is 18.0 Å². The molecular weight excluding hydrogens is 398 g/mol. The van der Waals surface area contributed by atoms with Crippen LogP contribution in [0.2, 0.25) is 0 Å². The molecule has 3 aromatic heterocycles. The molecular formula is C24H17NO6. The molecule has 0 atom stereocenters. The standard InChI is InChI=1S/C24H17NO6/c1-12-11-29-20-10-21-17(8-16(12)20)13(2)18(24(28)31-21)9-22(26)25-15-4-5-19-14(7-15)3-6-23(27)30-19/h3-8,10-11H,9H2,1-2H3,(H,25,26). The van der Waals surface area contributed by atoms with Crippen molar-refractivity contribution in [2.75, 3.05) is 5.32 Å². The average Bonchev–Trinajstić information content (AvgIpc) is 3.10. The van der Waals surface area contributed by atoms with Crippen LogP contribution in [0, 0.1) is 13.8 Å². The molecule has 1 N–H and O–H groups in total. The van der Waals surface area contributed by atoms with Crippen LogP contribution in [-0.2, 0) is 11.2 Å². The molecule has 1 amide bonds. The van der Waals surface area contributed by atoms with Gasteiger partial charge >= 0.3 is 11.3 Å². The number of hydrogen-bond donors (Lipinski definition) is 1. The molecule has 0 aliphatic rings. The number of anilines is 1. The molecule has 154 valence electrons. The number of benzene rings is 2. The Balaban J connectivity index is 1.48. The Morgan fingerprint density at radius 1 is 0.903 bits per heavy atom. The number of amides is 1. The first kappa shape index (κ1) is 18.9. The van der Waals surface area contributed by atoms with Crippen LogP contribution >= 0.6 is 0 Å². The van der Waals surface area contributed by atoms with Crippen molar-refractivity contribution in [1.82, 2.24) is 0 Å². The highest BCUT2D eigenvalue weighted by molar-refractivity contribution is 5.98. The van der Waals surface area contributed by atoms with Crippen molar-refractivity contribution in [2.45, 2.75) is 20.3 Å². The molecule has 0 aliphatic heterocycles. The summed E-state index contributed by atoms with van der Waals surface area (Å²) in [6, 6.07) is 11.5. The first-order valence-electron chi connectivity index (χ1n) is 9.67. The van der Waals surface area contributed by atoms with E-state index in [0.717, 1.165) is 16.3 Å². The second-order valence-corrected chi connectivity index (χ2v) is 7.49. The third-order valence-corrected chi connectivity index (χ3v) is 5.42. The molecule has 31 heavy (non-hydrogen) atoms. The van der Waals surface area contributed by atoms with Crippen molar-refractivity contribution in [3.8, 4) is 0 Å². The lowest BCUT2D eigenvalue weighted by Crippen LogP contribution is -2.20. The Morgan fingerprint density at radius 3 is 2.58 bits per heavy atom. The topological polar surface area (TPSA) is 103 Å². The molecule has 5 aromatic rings. The van der Waals surface area contributed by atoms with E-state index in [1.807, 2.05) is 13.0 Å². The van der Waals surface area contributed by atoms with Crippen LogP contribution in [0.3, 0.4) is 0 Å². The van der Waals surface area contributed by atoms with Gasteiger partial charge in [0.05, 0.1) is 18.2 Å². The fraction of sp³-hybridized carbons (Fsp3) is 0.125. The molecule has 3 heterocycles. The van der Waals surface area contributed by atoms with Gasteiger partial charge in [0.15, 0.2) is 0 Å². The van der Waals surface area contributed by atoms with Gasteiger partial charge in [-0.1, -0.05) is 0 Å². The van der Waals surface area contributed by atoms with Gasteiger partial charge in [-0.2, -0.15) is 0 Å². The molecule has 0 radical (unpaired) electrons. The van der Waals surface area contributed by atoms with Crippen LogP contribution in [0.15, 0.2) is 71.6 Å². The summed E-state index contributed by atoms with van der Waals surface area (Å²) in [6.45, 7) is 3.75. The van der Waals surface area contributed by atoms with Crippen LogP contribution < -0.4 is 16.6 Å². The number of aryl methyl sites for hydroxylation is 2. The van der Waals surface area contributed by atoms with Gasteiger partial charge < -0.3 is 18.6 Å². The van der Waals surface area contributed by atoms with Crippen LogP contribution in [-0.4, -0.2) is 5.91 Å². The number of furan rings is 1. The Kier molecular flexibility index (Phi) is 4.25. The average molecular weight is 415 g/mol. The maximum Gasteiger partial charge on any atom is 0.340 e. The van der Waals surface area contributed by atoms with Crippen molar-refractivity contribution in [1.29, 1.82) is 0 Å². The van der Waals surface area contributed by atoms with Crippen molar-refractivity contribution in [2.24, 2.45) is 0 Å². The van der Waals surface area contributed by atoms with Crippen LogP contribution in [0.25, 0.3) is 32.9 Å². The predicted molar refractivity (Wildman–Crippen MR) is 117 cm³/mol. The smallest absolute Gasteiger partial charge is 0.340 e. The van der Waals surface area contributed by atoms with Gasteiger partial charge in [0.25, 0.3) is 0 Å². The number of carbonyl (C=O) groups excluding carboxylic acids is 1. The number of nitrogens with one attached hydrogen (secondary N) is 1. The lowest BCUT2D eigenvalue weighted by molar-refractivity contribution is -0.115. The highest BCUT2D eigenvalue weighted by Crippen LogP contribution is 2.29. The van der Waals surface area contributed by atoms with Crippen LogP contribution in [0.5, 0.6) is 0 Å². The molecule has 0 aliphatic carbocycles. The van der Waals surface area contributed by atoms with E-state index in [1.54, 1.807) is 43.5 Å². The van der Waals surface area contributed by atoms with Gasteiger partial charge in [-0.3, -0.25) is 4.79 Å². The van der Waals surface area contributed by atoms with Gasteiger partial charge in [-0.25, -0.2) is 9.59 Å². The quantitative estimate of drug-likeness (QED) is 0.437. The van der Waals surface area contributed by atoms with E-state index in [9.17, 15) is 14.4 Å². The van der Waals surface area contributed by atoms with Crippen molar-refractivity contribution in [3.05, 3.63) is 86.3 Å². The van der Waals surface area contributed by atoms with Gasteiger partial charge in [-0.05, 0) is 55.3 Å². The maximum absolute atomic E-state index is 12.7. The van der Waals surface area contributed by atoms with E-state index >= 15 is 0 Å². The van der Waals surface area contributed by atoms with Crippen LogP contribution in [0.1, 0.15) is 16.7 Å². The fourth-order valence-electron chi connectivity index (χ4n) is 3.76. The maximum atomic E-state index is 12.7. The molecule has 0 unspecified atom stereocenters. The number of carbonyl (C=O) groups is 1. The Hall–Kier alpha value is -4.13. The summed E-state index contributed by atoms with van der Waals surface area (Å²) >= 11 is 0. The van der Waals surface area contributed by atoms with Crippen molar-refractivity contribution >= 4 is 44.5 Å². The second kappa shape index (κ2) is 6.98. The zero-order chi connectivity index (χ0) is 21.7. The summed E-state index contributed by atoms with van der Waals surface area (Å²) in [7, 11) is 0. The molecule has 0 spiro atoms. The van der Waals surface area contributed by atoms with Gasteiger partial charge in [0.1, 0.15) is 16.7 Å². The molecule has 0 fully saturated rings. The van der Waals surface area contributed by atoms with Gasteiger partial charge in [0.2, 0.25) is 5.91 Å². The van der Waals surface area contributed by atoms with E-state index in [4.69, 9.17) is 13.3 Å². The molecule has 0 saturated carbocycles. The largest absolute Gasteiger partial charge is 0.464 e. The highest BCUT2D eigenvalue weighted by atomic mass is 16.4. The molecule has 2 aromatic carbocycles. The SMILES string of the molecule is Cc1coc2cc3oc(=O)c(CC(=O)Nc4ccc5oc(=O)ccc5c4)c(C)c3cc12. The van der Waals surface area contributed by atoms with E-state index < -0.39 is 11.3 Å². The minimum Gasteiger partial charge on any atom is -0.464 e. The minimum atomic E-state index is -0.553. The third kappa shape index (κ3) is 3.30. The molecule has 7 nitrogen and oxygen atoms in total. The van der Waals surface area contributed by atoms with E-state index in [0.29, 0.717) is 38.9 Å². The lowest BCUT2D eigenvalue weighted by Gasteiger charge is -2.09. The fourth-order valence-corrected chi connectivity index (χ4v) is 3.76. The summed E-state index contributed by atoms with van der Waals surface area (Å²) in [4.78, 5) is 36.5. The first-order valence-corrected chi connectivity index (χ1v) is 9.67. The lowest BCUT2D eigenvalue weighted by atomic mass is 10.0.